The van der Waals surface area contributed by atoms with Gasteiger partial charge in [-0.1, -0.05) is 31.4 Å². The van der Waals surface area contributed by atoms with Gasteiger partial charge in [-0.3, -0.25) is 4.98 Å². The monoisotopic (exact) mass is 378 g/mol. The Morgan fingerprint density at radius 3 is 2.79 bits per heavy atom. The molecule has 0 aliphatic heterocycles. The molecule has 2 aromatic heterocycles. The van der Waals surface area contributed by atoms with Crippen LogP contribution in [-0.2, 0) is 0 Å². The quantitative estimate of drug-likeness (QED) is 0.704. The van der Waals surface area contributed by atoms with E-state index in [1.54, 1.807) is 18.5 Å². The zero-order chi connectivity index (χ0) is 19.2. The Kier molecular flexibility index (Phi) is 5.61. The average Bonchev–Trinajstić information content (AvgIpc) is 3.28. The van der Waals surface area contributed by atoms with E-state index in [1.807, 2.05) is 24.3 Å². The highest BCUT2D eigenvalue weighted by atomic mass is 16.6. The number of hydrogen-bond donors (Lipinski definition) is 1. The fourth-order valence-electron chi connectivity index (χ4n) is 3.51. The molecule has 1 aliphatic rings. The number of rotatable bonds is 5. The fraction of sp³-hybridized carbons (Fsp3) is 0.333. The molecule has 0 bridgehead atoms. The number of amides is 1. The van der Waals surface area contributed by atoms with Gasteiger partial charge in [0.2, 0.25) is 12.3 Å². The molecular formula is C21H22N4O3. The number of ether oxygens (including phenoxy) is 1. The number of pyridine rings is 1. The van der Waals surface area contributed by atoms with E-state index < -0.39 is 6.09 Å². The lowest BCUT2D eigenvalue weighted by Gasteiger charge is -2.21. The lowest BCUT2D eigenvalue weighted by Crippen LogP contribution is -2.32. The van der Waals surface area contributed by atoms with E-state index in [0.717, 1.165) is 16.7 Å². The topological polar surface area (TPSA) is 90.1 Å². The summed E-state index contributed by atoms with van der Waals surface area (Å²) >= 11 is 0. The number of carbonyl (C=O) groups is 1. The molecule has 1 amide bonds. The highest BCUT2D eigenvalue weighted by Gasteiger charge is 2.15. The van der Waals surface area contributed by atoms with E-state index in [-0.39, 0.29) is 0 Å². The van der Waals surface area contributed by atoms with Crippen molar-refractivity contribution in [1.82, 2.24) is 20.5 Å². The molecule has 3 aromatic rings. The van der Waals surface area contributed by atoms with Gasteiger partial charge in [-0.15, -0.1) is 10.2 Å². The summed E-state index contributed by atoms with van der Waals surface area (Å²) in [6, 6.07) is 9.26. The van der Waals surface area contributed by atoms with Crippen LogP contribution in [0.15, 0.2) is 53.5 Å². The molecule has 7 heteroatoms. The number of nitrogens with zero attached hydrogens (tertiary/aromatic N) is 3. The van der Waals surface area contributed by atoms with Gasteiger partial charge in [0.15, 0.2) is 0 Å². The minimum absolute atomic E-state index is 0.406. The Labute approximate surface area is 163 Å². The summed E-state index contributed by atoms with van der Waals surface area (Å²) in [6.07, 6.45) is 10.4. The van der Waals surface area contributed by atoms with Crippen LogP contribution in [0.2, 0.25) is 0 Å². The Morgan fingerprint density at radius 1 is 1.11 bits per heavy atom. The minimum atomic E-state index is -0.416. The second-order valence-electron chi connectivity index (χ2n) is 7.01. The number of aromatic nitrogens is 3. The molecule has 1 saturated carbocycles. The molecule has 1 N–H and O–H groups in total. The van der Waals surface area contributed by atoms with Gasteiger partial charge in [0, 0.05) is 24.5 Å². The summed E-state index contributed by atoms with van der Waals surface area (Å²) in [6.45, 7) is 0.675. The SMILES string of the molecule is O=C(NCC1CCCCC1)Oc1cccc(-c2cncc(-c3nnco3)c2)c1. The van der Waals surface area contributed by atoms with Gasteiger partial charge in [0.05, 0.1) is 5.56 Å². The van der Waals surface area contributed by atoms with Gasteiger partial charge in [0.1, 0.15) is 5.75 Å². The Balaban J connectivity index is 1.41. The smallest absolute Gasteiger partial charge is 0.412 e. The standard InChI is InChI=1S/C21H22N4O3/c26-21(23-11-15-5-2-1-3-6-15)28-19-8-4-7-16(10-19)17-9-18(13-22-12-17)20-25-24-14-27-20/h4,7-10,12-15H,1-3,5-6,11H2,(H,23,26). The largest absolute Gasteiger partial charge is 0.423 e. The molecule has 2 heterocycles. The van der Waals surface area contributed by atoms with Crippen molar-refractivity contribution < 1.29 is 13.9 Å². The third-order valence-corrected chi connectivity index (χ3v) is 4.98. The lowest BCUT2D eigenvalue weighted by molar-refractivity contribution is 0.196. The first-order valence-electron chi connectivity index (χ1n) is 9.55. The Bertz CT molecular complexity index is 921. The number of carbonyl (C=O) groups excluding carboxylic acids is 1. The van der Waals surface area contributed by atoms with Crippen molar-refractivity contribution in [2.75, 3.05) is 6.54 Å². The van der Waals surface area contributed by atoms with E-state index in [9.17, 15) is 4.79 Å². The summed E-state index contributed by atoms with van der Waals surface area (Å²) in [4.78, 5) is 16.4. The molecule has 1 aliphatic carbocycles. The van der Waals surface area contributed by atoms with Gasteiger partial charge in [-0.05, 0) is 42.5 Å². The molecular weight excluding hydrogens is 356 g/mol. The van der Waals surface area contributed by atoms with Crippen LogP contribution >= 0.6 is 0 Å². The molecule has 1 aromatic carbocycles. The van der Waals surface area contributed by atoms with Crippen LogP contribution in [0.1, 0.15) is 32.1 Å². The zero-order valence-corrected chi connectivity index (χ0v) is 15.5. The maximum absolute atomic E-state index is 12.1. The van der Waals surface area contributed by atoms with Crippen LogP contribution in [-0.4, -0.2) is 27.8 Å². The molecule has 144 valence electrons. The van der Waals surface area contributed by atoms with E-state index in [0.29, 0.717) is 24.1 Å². The van der Waals surface area contributed by atoms with Gasteiger partial charge >= 0.3 is 6.09 Å². The van der Waals surface area contributed by atoms with Crippen LogP contribution in [0.4, 0.5) is 4.79 Å². The summed E-state index contributed by atoms with van der Waals surface area (Å²) in [5.41, 5.74) is 2.47. The second kappa shape index (κ2) is 8.65. The van der Waals surface area contributed by atoms with Crippen molar-refractivity contribution in [3.05, 3.63) is 49.1 Å². The summed E-state index contributed by atoms with van der Waals surface area (Å²) in [5, 5.41) is 10.5. The molecule has 0 unspecified atom stereocenters. The van der Waals surface area contributed by atoms with Gasteiger partial charge in [-0.25, -0.2) is 4.79 Å². The van der Waals surface area contributed by atoms with Crippen LogP contribution < -0.4 is 10.1 Å². The number of benzene rings is 1. The summed E-state index contributed by atoms with van der Waals surface area (Å²) in [7, 11) is 0. The van der Waals surface area contributed by atoms with Crippen LogP contribution in [0.3, 0.4) is 0 Å². The van der Waals surface area contributed by atoms with E-state index >= 15 is 0 Å². The van der Waals surface area contributed by atoms with Crippen molar-refractivity contribution in [2.45, 2.75) is 32.1 Å². The Hall–Kier alpha value is -3.22. The first-order chi connectivity index (χ1) is 13.8. The molecule has 0 radical (unpaired) electrons. The third kappa shape index (κ3) is 4.54. The second-order valence-corrected chi connectivity index (χ2v) is 7.01. The highest BCUT2D eigenvalue weighted by Crippen LogP contribution is 2.27. The molecule has 0 atom stereocenters. The zero-order valence-electron chi connectivity index (χ0n) is 15.5. The van der Waals surface area contributed by atoms with Crippen molar-refractivity contribution in [3.63, 3.8) is 0 Å². The summed E-state index contributed by atoms with van der Waals surface area (Å²) in [5.74, 6) is 1.46. The van der Waals surface area contributed by atoms with E-state index in [1.165, 1.54) is 38.5 Å². The predicted molar refractivity (Wildman–Crippen MR) is 104 cm³/mol. The highest BCUT2D eigenvalue weighted by molar-refractivity contribution is 5.73. The molecule has 7 nitrogen and oxygen atoms in total. The summed E-state index contributed by atoms with van der Waals surface area (Å²) < 4.78 is 10.7. The molecule has 4 rings (SSSR count). The lowest BCUT2D eigenvalue weighted by atomic mass is 9.89. The van der Waals surface area contributed by atoms with Crippen molar-refractivity contribution in [1.29, 1.82) is 0 Å². The van der Waals surface area contributed by atoms with Crippen molar-refractivity contribution in [3.8, 4) is 28.3 Å². The van der Waals surface area contributed by atoms with Gasteiger partial charge in [0.25, 0.3) is 0 Å². The third-order valence-electron chi connectivity index (χ3n) is 4.98. The first-order valence-corrected chi connectivity index (χ1v) is 9.55. The maximum atomic E-state index is 12.1. The molecule has 0 spiro atoms. The van der Waals surface area contributed by atoms with Crippen molar-refractivity contribution >= 4 is 6.09 Å². The van der Waals surface area contributed by atoms with Crippen LogP contribution in [0.5, 0.6) is 5.75 Å². The first kappa shape index (κ1) is 18.2. The number of hydrogen-bond acceptors (Lipinski definition) is 6. The van der Waals surface area contributed by atoms with Crippen LogP contribution in [0.25, 0.3) is 22.6 Å². The number of nitrogens with one attached hydrogen (secondary N) is 1. The minimum Gasteiger partial charge on any atom is -0.423 e. The Morgan fingerprint density at radius 2 is 1.96 bits per heavy atom. The fourth-order valence-corrected chi connectivity index (χ4v) is 3.51. The van der Waals surface area contributed by atoms with Crippen molar-refractivity contribution in [2.24, 2.45) is 5.92 Å². The van der Waals surface area contributed by atoms with Gasteiger partial charge in [-0.2, -0.15) is 0 Å². The van der Waals surface area contributed by atoms with Gasteiger partial charge < -0.3 is 14.5 Å². The molecule has 0 saturated heterocycles. The molecule has 1 fully saturated rings. The van der Waals surface area contributed by atoms with E-state index in [4.69, 9.17) is 9.15 Å². The van der Waals surface area contributed by atoms with Crippen LogP contribution in [0, 0.1) is 5.92 Å². The molecule has 28 heavy (non-hydrogen) atoms. The van der Waals surface area contributed by atoms with E-state index in [2.05, 4.69) is 20.5 Å². The predicted octanol–water partition coefficient (Wildman–Crippen LogP) is 4.47. The average molecular weight is 378 g/mol. The normalized spacial score (nSPS) is 14.6. The maximum Gasteiger partial charge on any atom is 0.412 e.